The molecule has 2 saturated heterocycles. The van der Waals surface area contributed by atoms with Gasteiger partial charge in [0.1, 0.15) is 18.1 Å². The summed E-state index contributed by atoms with van der Waals surface area (Å²) in [4.78, 5) is 30.8. The lowest BCUT2D eigenvalue weighted by atomic mass is 10.2. The molecule has 8 heteroatoms. The number of amides is 1. The molecule has 23 heavy (non-hydrogen) atoms. The van der Waals surface area contributed by atoms with Crippen molar-refractivity contribution in [1.82, 2.24) is 9.88 Å². The number of pyridine rings is 1. The molecule has 2 fully saturated rings. The molecule has 2 aliphatic rings. The van der Waals surface area contributed by atoms with Gasteiger partial charge in [-0.3, -0.25) is 14.9 Å². The predicted molar refractivity (Wildman–Crippen MR) is 83.4 cm³/mol. The molecule has 1 amide bonds. The molecule has 0 radical (unpaired) electrons. The van der Waals surface area contributed by atoms with Gasteiger partial charge in [0.2, 0.25) is 0 Å². The molecule has 0 N–H and O–H groups in total. The molecule has 124 valence electrons. The van der Waals surface area contributed by atoms with Crippen molar-refractivity contribution in [2.24, 2.45) is 0 Å². The quantitative estimate of drug-likeness (QED) is 0.612. The molecule has 8 nitrogen and oxygen atoms in total. The molecule has 1 atom stereocenters. The van der Waals surface area contributed by atoms with Crippen molar-refractivity contribution in [3.63, 3.8) is 0 Å². The summed E-state index contributed by atoms with van der Waals surface area (Å²) in [5, 5.41) is 10.8. The second-order valence-corrected chi connectivity index (χ2v) is 5.90. The summed E-state index contributed by atoms with van der Waals surface area (Å²) in [7, 11) is 0. The monoisotopic (exact) mass is 320 g/mol. The summed E-state index contributed by atoms with van der Waals surface area (Å²) in [6.45, 7) is 4.96. The largest absolute Gasteiger partial charge is 0.368 e. The van der Waals surface area contributed by atoms with Crippen molar-refractivity contribution in [3.05, 3.63) is 27.9 Å². The van der Waals surface area contributed by atoms with Gasteiger partial charge in [0, 0.05) is 38.3 Å². The minimum absolute atomic E-state index is 0.0287. The van der Waals surface area contributed by atoms with E-state index in [9.17, 15) is 14.9 Å². The van der Waals surface area contributed by atoms with Crippen LogP contribution < -0.4 is 4.90 Å². The van der Waals surface area contributed by atoms with Crippen molar-refractivity contribution in [1.29, 1.82) is 0 Å². The number of hydrogen-bond donors (Lipinski definition) is 0. The van der Waals surface area contributed by atoms with Gasteiger partial charge in [-0.15, -0.1) is 0 Å². The summed E-state index contributed by atoms with van der Waals surface area (Å²) in [6, 6.07) is 1.73. The van der Waals surface area contributed by atoms with Crippen molar-refractivity contribution in [2.75, 3.05) is 37.7 Å². The van der Waals surface area contributed by atoms with Gasteiger partial charge < -0.3 is 14.5 Å². The molecular weight excluding hydrogens is 300 g/mol. The molecule has 3 heterocycles. The van der Waals surface area contributed by atoms with Crippen molar-refractivity contribution in [2.45, 2.75) is 25.9 Å². The normalized spacial score (nSPS) is 21.5. The Balaban J connectivity index is 1.61. The number of carbonyl (C=O) groups excluding carboxylic acids is 1. The van der Waals surface area contributed by atoms with Gasteiger partial charge >= 0.3 is 0 Å². The number of ether oxygens (including phenoxy) is 1. The van der Waals surface area contributed by atoms with Crippen LogP contribution in [0.15, 0.2) is 12.3 Å². The van der Waals surface area contributed by atoms with E-state index in [0.717, 1.165) is 18.7 Å². The number of aryl methyl sites for hydroxylation is 1. The smallest absolute Gasteiger partial charge is 0.290 e. The van der Waals surface area contributed by atoms with Gasteiger partial charge in [-0.1, -0.05) is 0 Å². The van der Waals surface area contributed by atoms with Gasteiger partial charge in [-0.25, -0.2) is 4.98 Å². The summed E-state index contributed by atoms with van der Waals surface area (Å²) in [5.41, 5.74) is 0.624. The Morgan fingerprint density at radius 3 is 2.70 bits per heavy atom. The number of nitro groups is 1. The van der Waals surface area contributed by atoms with E-state index < -0.39 is 4.92 Å². The summed E-state index contributed by atoms with van der Waals surface area (Å²) in [6.07, 6.45) is 2.78. The molecular formula is C15H20N4O4. The van der Waals surface area contributed by atoms with Gasteiger partial charge in [-0.05, 0) is 25.8 Å². The van der Waals surface area contributed by atoms with Crippen molar-refractivity contribution in [3.8, 4) is 0 Å². The van der Waals surface area contributed by atoms with Crippen LogP contribution in [-0.2, 0) is 9.53 Å². The summed E-state index contributed by atoms with van der Waals surface area (Å²) >= 11 is 0. The molecule has 0 aromatic carbocycles. The van der Waals surface area contributed by atoms with Gasteiger partial charge in [-0.2, -0.15) is 0 Å². The number of piperazine rings is 1. The van der Waals surface area contributed by atoms with E-state index in [1.54, 1.807) is 13.0 Å². The fourth-order valence-corrected chi connectivity index (χ4v) is 3.03. The van der Waals surface area contributed by atoms with Crippen LogP contribution in [0.5, 0.6) is 0 Å². The average Bonchev–Trinajstić information content (AvgIpc) is 3.08. The molecule has 0 unspecified atom stereocenters. The van der Waals surface area contributed by atoms with Crippen LogP contribution in [0.1, 0.15) is 18.4 Å². The van der Waals surface area contributed by atoms with Gasteiger partial charge in [0.05, 0.1) is 4.92 Å². The van der Waals surface area contributed by atoms with E-state index in [2.05, 4.69) is 9.88 Å². The molecule has 0 aliphatic carbocycles. The maximum Gasteiger partial charge on any atom is 0.290 e. The first-order chi connectivity index (χ1) is 11.1. The zero-order chi connectivity index (χ0) is 16.4. The third-order valence-electron chi connectivity index (χ3n) is 4.39. The first-order valence-electron chi connectivity index (χ1n) is 7.82. The number of hydrogen-bond acceptors (Lipinski definition) is 6. The number of anilines is 1. The first-order valence-corrected chi connectivity index (χ1v) is 7.82. The molecule has 2 aliphatic heterocycles. The van der Waals surface area contributed by atoms with Crippen LogP contribution >= 0.6 is 0 Å². The molecule has 1 aromatic rings. The fraction of sp³-hybridized carbons (Fsp3) is 0.600. The van der Waals surface area contributed by atoms with E-state index in [1.807, 2.05) is 4.90 Å². The second-order valence-electron chi connectivity index (χ2n) is 5.90. The number of carbonyl (C=O) groups is 1. The van der Waals surface area contributed by atoms with Crippen molar-refractivity contribution >= 4 is 17.4 Å². The van der Waals surface area contributed by atoms with Gasteiger partial charge in [0.25, 0.3) is 11.6 Å². The lowest BCUT2D eigenvalue weighted by molar-refractivity contribution is -0.385. The number of aromatic nitrogens is 1. The number of rotatable bonds is 3. The highest BCUT2D eigenvalue weighted by Gasteiger charge is 2.30. The fourth-order valence-electron chi connectivity index (χ4n) is 3.03. The Bertz CT molecular complexity index is 607. The minimum Gasteiger partial charge on any atom is -0.368 e. The Kier molecular flexibility index (Phi) is 4.42. The Labute approximate surface area is 134 Å². The lowest BCUT2D eigenvalue weighted by Crippen LogP contribution is -2.51. The third kappa shape index (κ3) is 3.26. The molecule has 3 rings (SSSR count). The zero-order valence-electron chi connectivity index (χ0n) is 13.1. The molecule has 0 spiro atoms. The maximum absolute atomic E-state index is 12.3. The zero-order valence-corrected chi connectivity index (χ0v) is 13.1. The van der Waals surface area contributed by atoms with E-state index in [1.165, 1.54) is 6.20 Å². The molecule has 0 saturated carbocycles. The highest BCUT2D eigenvalue weighted by atomic mass is 16.6. The lowest BCUT2D eigenvalue weighted by Gasteiger charge is -2.36. The highest BCUT2D eigenvalue weighted by molar-refractivity contribution is 5.81. The Hall–Kier alpha value is -2.22. The summed E-state index contributed by atoms with van der Waals surface area (Å²) < 4.78 is 5.45. The Morgan fingerprint density at radius 1 is 1.39 bits per heavy atom. The van der Waals surface area contributed by atoms with Crippen LogP contribution in [-0.4, -0.2) is 59.6 Å². The highest BCUT2D eigenvalue weighted by Crippen LogP contribution is 2.23. The minimum atomic E-state index is -0.426. The first kappa shape index (κ1) is 15.7. The Morgan fingerprint density at radius 2 is 2.13 bits per heavy atom. The van der Waals surface area contributed by atoms with E-state index in [0.29, 0.717) is 38.3 Å². The second kappa shape index (κ2) is 6.49. The summed E-state index contributed by atoms with van der Waals surface area (Å²) in [5.74, 6) is 0.798. The average molecular weight is 320 g/mol. The standard InChI is InChI=1S/C15H20N4O4/c1-11-9-14(16-10-12(11)19(21)22)17-4-6-18(7-5-17)15(20)13-3-2-8-23-13/h9-10,13H,2-8H2,1H3/t13-/m1/s1. The van der Waals surface area contributed by atoms with Crippen LogP contribution in [0.25, 0.3) is 0 Å². The van der Waals surface area contributed by atoms with Crippen LogP contribution in [0.2, 0.25) is 0 Å². The molecule has 1 aromatic heterocycles. The SMILES string of the molecule is Cc1cc(N2CCN(C(=O)[C@H]3CCCO3)CC2)ncc1[N+](=O)[O-]. The third-order valence-corrected chi connectivity index (χ3v) is 4.39. The maximum atomic E-state index is 12.3. The van der Waals surface area contributed by atoms with Crippen LogP contribution in [0.4, 0.5) is 11.5 Å². The topological polar surface area (TPSA) is 88.8 Å². The van der Waals surface area contributed by atoms with Crippen molar-refractivity contribution < 1.29 is 14.5 Å². The van der Waals surface area contributed by atoms with Crippen LogP contribution in [0, 0.1) is 17.0 Å². The van der Waals surface area contributed by atoms with E-state index in [-0.39, 0.29) is 17.7 Å². The van der Waals surface area contributed by atoms with Gasteiger partial charge in [0.15, 0.2) is 0 Å². The molecule has 0 bridgehead atoms. The predicted octanol–water partition coefficient (Wildman–Crippen LogP) is 1.13. The number of nitrogens with zero attached hydrogens (tertiary/aromatic N) is 4. The van der Waals surface area contributed by atoms with E-state index >= 15 is 0 Å². The van der Waals surface area contributed by atoms with E-state index in [4.69, 9.17) is 4.74 Å². The van der Waals surface area contributed by atoms with Crippen LogP contribution in [0.3, 0.4) is 0 Å².